The summed E-state index contributed by atoms with van der Waals surface area (Å²) in [6.07, 6.45) is 0. The summed E-state index contributed by atoms with van der Waals surface area (Å²) in [5.74, 6) is 0. The van der Waals surface area contributed by atoms with Gasteiger partial charge in [-0.25, -0.2) is 0 Å². The molecule has 12 aromatic rings. The van der Waals surface area contributed by atoms with Crippen LogP contribution in [0.5, 0.6) is 0 Å². The summed E-state index contributed by atoms with van der Waals surface area (Å²) in [5, 5.41) is -5.88. The van der Waals surface area contributed by atoms with E-state index in [-0.39, 0.29) is 10.8 Å². The zero-order valence-electron chi connectivity index (χ0n) is 62.0. The first-order valence-corrected chi connectivity index (χ1v) is 16.8. The predicted molar refractivity (Wildman–Crippen MR) is 241 cm³/mol. The van der Waals surface area contributed by atoms with E-state index in [0.717, 1.165) is 0 Å². The van der Waals surface area contributed by atoms with Crippen molar-refractivity contribution in [2.75, 3.05) is 0 Å². The topological polar surface area (TPSA) is 0 Å². The molecule has 0 aliphatic carbocycles. The first kappa shape index (κ1) is 12.6. The van der Waals surface area contributed by atoms with Gasteiger partial charge in [-0.1, -0.05) is 193 Å². The second-order valence-electron chi connectivity index (χ2n) is 12.5. The molecule has 0 atom stereocenters. The van der Waals surface area contributed by atoms with Crippen LogP contribution in [0.4, 0.5) is 0 Å². The lowest BCUT2D eigenvalue weighted by atomic mass is 9.87. The average Bonchev–Trinajstić information content (AvgIpc) is 0.692. The number of rotatable bonds is 5. The molecular formula is C56H34. The summed E-state index contributed by atoms with van der Waals surface area (Å²) in [6.45, 7) is 0. The average molecular weight is 741 g/mol. The van der Waals surface area contributed by atoms with Crippen molar-refractivity contribution in [3.63, 3.8) is 0 Å². The van der Waals surface area contributed by atoms with E-state index in [0.29, 0.717) is 0 Å². The van der Waals surface area contributed by atoms with Crippen LogP contribution in [0.1, 0.15) is 46.6 Å². The third kappa shape index (κ3) is 4.73. The van der Waals surface area contributed by atoms with Gasteiger partial charge in [-0.2, -0.15) is 0 Å². The van der Waals surface area contributed by atoms with E-state index in [9.17, 15) is 26.0 Å². The van der Waals surface area contributed by atoms with Crippen LogP contribution in [0.2, 0.25) is 0 Å². The van der Waals surface area contributed by atoms with Crippen LogP contribution in [0.25, 0.3) is 120 Å². The summed E-state index contributed by atoms with van der Waals surface area (Å²) in [6, 6.07) is -32.4. The van der Waals surface area contributed by atoms with E-state index in [1.165, 1.54) is 0 Å². The molecule has 0 bridgehead atoms. The lowest BCUT2D eigenvalue weighted by molar-refractivity contribution is 1.58. The van der Waals surface area contributed by atoms with Crippen molar-refractivity contribution >= 4 is 64.6 Å². The van der Waals surface area contributed by atoms with Gasteiger partial charge in [0.15, 0.2) is 0 Å². The molecule has 0 heterocycles. The Labute approximate surface area is 373 Å². The van der Waals surface area contributed by atoms with E-state index >= 15 is 0 Å². The van der Waals surface area contributed by atoms with E-state index < -0.39 is 315 Å². The van der Waals surface area contributed by atoms with Crippen LogP contribution >= 0.6 is 0 Å². The Kier molecular flexibility index (Phi) is 2.73. The minimum Gasteiger partial charge on any atom is -0.0622 e. The van der Waals surface area contributed by atoms with Gasteiger partial charge in [-0.3, -0.25) is 0 Å². The standard InChI is InChI=1S/C56H34/c1-2-7-37(8-3-1)47-27-21-41-26-32-52-49(29-23-42-25-31-50(47)55(41)56(42)52)46-14-6-12-44(34-46)36-17-15-35(16-18-36)43-11-5-13-45(33-43)48-28-22-40-20-19-38-9-4-10-39-24-30-51(48)54(40)53(38)39/h1-34H/i1D,2D,3D,4D,5D,6D,7D,8D,9D,10D,11D,12D,13D,14D,15D,16D,17D,18D,19D,20D,21D,22D,23D,24D,25D,26D,27D,28D,29D,30D,31D,32D,33D,34D. The van der Waals surface area contributed by atoms with Crippen molar-refractivity contribution in [1.29, 1.82) is 0 Å². The lowest BCUT2D eigenvalue weighted by Crippen LogP contribution is -1.90. The Bertz CT molecular complexity index is 5370. The van der Waals surface area contributed by atoms with Gasteiger partial charge in [-0.15, -0.1) is 0 Å². The minimum absolute atomic E-state index is 0.307. The summed E-state index contributed by atoms with van der Waals surface area (Å²) < 4.78 is 310. The predicted octanol–water partition coefficient (Wildman–Crippen LogP) is 15.8. The summed E-state index contributed by atoms with van der Waals surface area (Å²) >= 11 is 0. The number of hydrogen-bond donors (Lipinski definition) is 0. The van der Waals surface area contributed by atoms with Gasteiger partial charge in [0, 0.05) is 0 Å². The summed E-state index contributed by atoms with van der Waals surface area (Å²) in [7, 11) is 0. The molecule has 0 aromatic heterocycles. The van der Waals surface area contributed by atoms with Crippen LogP contribution in [0.3, 0.4) is 0 Å². The van der Waals surface area contributed by atoms with Crippen molar-refractivity contribution in [3.05, 3.63) is 205 Å². The maximum atomic E-state index is 9.78. The molecule has 0 saturated carbocycles. The number of hydrogen-bond acceptors (Lipinski definition) is 0. The molecule has 12 aromatic carbocycles. The van der Waals surface area contributed by atoms with E-state index in [4.69, 9.17) is 20.6 Å². The van der Waals surface area contributed by atoms with Crippen LogP contribution in [0, 0.1) is 0 Å². The molecule has 12 rings (SSSR count). The van der Waals surface area contributed by atoms with Crippen molar-refractivity contribution in [2.24, 2.45) is 0 Å². The fraction of sp³-hybridized carbons (Fsp3) is 0. The second kappa shape index (κ2) is 12.1. The second-order valence-corrected chi connectivity index (χ2v) is 12.5. The zero-order chi connectivity index (χ0) is 66.3. The van der Waals surface area contributed by atoms with Crippen molar-refractivity contribution in [1.82, 2.24) is 0 Å². The third-order valence-corrected chi connectivity index (χ3v) is 9.44. The normalized spacial score (nSPS) is 20.4. The van der Waals surface area contributed by atoms with Gasteiger partial charge in [0.2, 0.25) is 0 Å². The zero-order valence-corrected chi connectivity index (χ0v) is 28.0. The number of benzene rings is 12. The van der Waals surface area contributed by atoms with E-state index in [2.05, 4.69) is 0 Å². The largest absolute Gasteiger partial charge is 0.0636 e. The molecule has 0 heteroatoms. The molecule has 0 nitrogen and oxygen atoms in total. The molecule has 0 unspecified atom stereocenters. The maximum absolute atomic E-state index is 9.78. The molecule has 0 amide bonds. The molecule has 0 aliphatic heterocycles. The third-order valence-electron chi connectivity index (χ3n) is 9.44. The molecule has 0 N–H and O–H groups in total. The Morgan fingerprint density at radius 3 is 1.04 bits per heavy atom. The highest BCUT2D eigenvalue weighted by Gasteiger charge is 2.16. The highest BCUT2D eigenvalue weighted by Crippen LogP contribution is 2.44. The molecular weight excluding hydrogens is 673 g/mol. The van der Waals surface area contributed by atoms with Crippen LogP contribution in [-0.4, -0.2) is 0 Å². The summed E-state index contributed by atoms with van der Waals surface area (Å²) in [4.78, 5) is 0. The van der Waals surface area contributed by atoms with Crippen LogP contribution < -0.4 is 0 Å². The van der Waals surface area contributed by atoms with Crippen molar-refractivity contribution < 1.29 is 46.6 Å². The molecule has 258 valence electrons. The molecule has 0 radical (unpaired) electrons. The van der Waals surface area contributed by atoms with Crippen molar-refractivity contribution in [2.45, 2.75) is 0 Å². The highest BCUT2D eigenvalue weighted by molar-refractivity contribution is 6.28. The monoisotopic (exact) mass is 740 g/mol. The van der Waals surface area contributed by atoms with Crippen LogP contribution in [0.15, 0.2) is 205 Å². The van der Waals surface area contributed by atoms with Crippen LogP contribution in [-0.2, 0) is 0 Å². The molecule has 0 fully saturated rings. The SMILES string of the molecule is [2H]c1c([2H])c([2H])c(-c2c([2H])c([2H])c3c([2H])c([2H])c4c(-c5c([2H])c([2H])c([2H])c(-c6c([2H])c([2H])c(-c7c([2H])c([2H])c([2H])c(-c8c([2H])c([2H])c9c([2H])c([2H])c%10c([2H])c([2H])c([2H])c%11c([2H])c([2H])c8c9c%10%11)c7[2H])c([2H])c6[2H])c5[2H])c([2H])c([2H])c5c([2H])c([2H])c2c3c54)c([2H])c1[2H]. The smallest absolute Gasteiger partial charge is 0.0622 e. The van der Waals surface area contributed by atoms with Gasteiger partial charge in [0.1, 0.15) is 0 Å². The molecule has 56 heavy (non-hydrogen) atoms. The fourth-order valence-electron chi connectivity index (χ4n) is 6.94. The Morgan fingerprint density at radius 1 is 0.214 bits per heavy atom. The fourth-order valence-corrected chi connectivity index (χ4v) is 6.94. The lowest BCUT2D eigenvalue weighted by Gasteiger charge is -2.17. The van der Waals surface area contributed by atoms with Gasteiger partial charge < -0.3 is 0 Å². The molecule has 0 aliphatic rings. The Hall–Kier alpha value is -7.28. The van der Waals surface area contributed by atoms with E-state index in [1.807, 2.05) is 0 Å². The van der Waals surface area contributed by atoms with Gasteiger partial charge in [0.05, 0.1) is 46.6 Å². The van der Waals surface area contributed by atoms with Gasteiger partial charge in [0.25, 0.3) is 0 Å². The van der Waals surface area contributed by atoms with Gasteiger partial charge >= 0.3 is 0 Å². The first-order chi connectivity index (χ1) is 42.0. The highest BCUT2D eigenvalue weighted by atomic mass is 14.2. The molecule has 0 saturated heterocycles. The maximum Gasteiger partial charge on any atom is 0.0636 e. The minimum atomic E-state index is -1.18. The van der Waals surface area contributed by atoms with Gasteiger partial charge in [-0.05, 0) is 132 Å². The van der Waals surface area contributed by atoms with Crippen molar-refractivity contribution in [3.8, 4) is 55.6 Å². The van der Waals surface area contributed by atoms with E-state index in [1.54, 1.807) is 0 Å². The quantitative estimate of drug-likeness (QED) is 0.154. The Balaban J connectivity index is 1.16. The molecule has 0 spiro atoms. The first-order valence-electron chi connectivity index (χ1n) is 33.8. The summed E-state index contributed by atoms with van der Waals surface area (Å²) in [5.41, 5.74) is -8.45. The Morgan fingerprint density at radius 2 is 0.554 bits per heavy atom.